The van der Waals surface area contributed by atoms with Gasteiger partial charge in [0.25, 0.3) is 0 Å². The Morgan fingerprint density at radius 2 is 1.77 bits per heavy atom. The van der Waals surface area contributed by atoms with Gasteiger partial charge in [-0.2, -0.15) is 5.10 Å². The lowest BCUT2D eigenvalue weighted by molar-refractivity contribution is 0.265. The molecule has 0 aliphatic rings. The van der Waals surface area contributed by atoms with E-state index in [4.69, 9.17) is 10.8 Å². The molecule has 6 heteroatoms. The topological polar surface area (TPSA) is 87.8 Å². The van der Waals surface area contributed by atoms with Gasteiger partial charge < -0.3 is 10.8 Å². The van der Waals surface area contributed by atoms with Crippen LogP contribution in [-0.2, 0) is 6.42 Å². The van der Waals surface area contributed by atoms with E-state index >= 15 is 0 Å². The third-order valence-electron chi connectivity index (χ3n) is 4.56. The molecule has 4 rings (SSSR count). The number of halogens is 1. The van der Waals surface area contributed by atoms with Crippen LogP contribution in [0.1, 0.15) is 11.3 Å². The van der Waals surface area contributed by atoms with Gasteiger partial charge in [-0.1, -0.05) is 30.3 Å². The summed E-state index contributed by atoms with van der Waals surface area (Å²) in [5.74, 6) is -0.246. The molecule has 0 aliphatic carbocycles. The second kappa shape index (κ2) is 10.4. The van der Waals surface area contributed by atoms with Gasteiger partial charge in [0, 0.05) is 29.1 Å². The van der Waals surface area contributed by atoms with E-state index in [1.807, 2.05) is 49.4 Å². The van der Waals surface area contributed by atoms with E-state index < -0.39 is 0 Å². The molecule has 154 valence electrons. The monoisotopic (exact) mass is 404 g/mol. The first-order valence-electron chi connectivity index (χ1n) is 9.69. The van der Waals surface area contributed by atoms with Gasteiger partial charge in [-0.3, -0.25) is 10.1 Å². The highest BCUT2D eigenvalue weighted by molar-refractivity contribution is 5.80. The minimum absolute atomic E-state index is 0.0505. The van der Waals surface area contributed by atoms with Crippen LogP contribution in [0, 0.1) is 12.7 Å². The molecule has 0 saturated heterocycles. The van der Waals surface area contributed by atoms with Gasteiger partial charge >= 0.3 is 0 Å². The summed E-state index contributed by atoms with van der Waals surface area (Å²) >= 11 is 0. The van der Waals surface area contributed by atoms with Gasteiger partial charge in [0.1, 0.15) is 5.82 Å². The number of rotatable bonds is 5. The smallest absolute Gasteiger partial charge is 0.123 e. The summed E-state index contributed by atoms with van der Waals surface area (Å²) in [5.41, 5.74) is 11.5. The number of aliphatic hydroxyl groups is 1. The first kappa shape index (κ1) is 21.4. The molecule has 0 saturated carbocycles. The molecule has 0 radical (unpaired) electrons. The van der Waals surface area contributed by atoms with Crippen molar-refractivity contribution in [1.82, 2.24) is 15.2 Å². The fraction of sp³-hybridized carbons (Fsp3) is 0.167. The molecule has 4 aromatic rings. The van der Waals surface area contributed by atoms with Gasteiger partial charge in [0.15, 0.2) is 0 Å². The Hall–Kier alpha value is -3.35. The normalized spacial score (nSPS) is 11.5. The molecule has 0 aliphatic heterocycles. The molecule has 0 amide bonds. The number of aliphatic hydroxyl groups excluding tert-OH is 1. The van der Waals surface area contributed by atoms with Crippen LogP contribution >= 0.6 is 0 Å². The van der Waals surface area contributed by atoms with Crippen LogP contribution in [0.25, 0.3) is 22.4 Å². The maximum absolute atomic E-state index is 13.0. The highest BCUT2D eigenvalue weighted by Gasteiger charge is 2.10. The standard InChI is InChI=1S/C15H12FN3.C9H13NO/c1-10-8-12(6-7-17-10)14-9-18-19-15(14)11-2-4-13(16)5-3-11;10-9(7-11)6-8-4-2-1-3-5-8/h2-9H,1H3,(H,18,19);1-5,9,11H,6-7,10H2/t;9-/m.0/s1. The van der Waals surface area contributed by atoms with Crippen molar-refractivity contribution < 1.29 is 9.50 Å². The lowest BCUT2D eigenvalue weighted by Gasteiger charge is -2.06. The molecule has 0 fully saturated rings. The number of hydrogen-bond acceptors (Lipinski definition) is 4. The van der Waals surface area contributed by atoms with Crippen LogP contribution in [0.5, 0.6) is 0 Å². The van der Waals surface area contributed by atoms with Crippen LogP contribution in [0.15, 0.2) is 79.1 Å². The molecule has 2 aromatic carbocycles. The minimum atomic E-state index is -0.246. The molecular weight excluding hydrogens is 379 g/mol. The summed E-state index contributed by atoms with van der Waals surface area (Å²) in [6.07, 6.45) is 4.29. The van der Waals surface area contributed by atoms with Gasteiger partial charge in [0.05, 0.1) is 18.5 Å². The summed E-state index contributed by atoms with van der Waals surface area (Å²) < 4.78 is 13.0. The van der Waals surface area contributed by atoms with Crippen molar-refractivity contribution in [2.24, 2.45) is 5.73 Å². The van der Waals surface area contributed by atoms with E-state index in [0.29, 0.717) is 0 Å². The second-order valence-corrected chi connectivity index (χ2v) is 6.98. The Balaban J connectivity index is 0.000000199. The molecule has 2 heterocycles. The number of H-pyrrole nitrogens is 1. The summed E-state index contributed by atoms with van der Waals surface area (Å²) in [6.45, 7) is 2.00. The first-order valence-corrected chi connectivity index (χ1v) is 9.69. The number of aryl methyl sites for hydroxylation is 1. The molecule has 5 nitrogen and oxygen atoms in total. The molecule has 1 atom stereocenters. The van der Waals surface area contributed by atoms with Gasteiger partial charge in [-0.25, -0.2) is 4.39 Å². The van der Waals surface area contributed by atoms with E-state index in [2.05, 4.69) is 15.2 Å². The predicted octanol–water partition coefficient (Wildman–Crippen LogP) is 4.13. The number of benzene rings is 2. The lowest BCUT2D eigenvalue weighted by Crippen LogP contribution is -2.26. The van der Waals surface area contributed by atoms with Gasteiger partial charge in [0.2, 0.25) is 0 Å². The highest BCUT2D eigenvalue weighted by Crippen LogP contribution is 2.30. The Morgan fingerprint density at radius 3 is 2.43 bits per heavy atom. The highest BCUT2D eigenvalue weighted by atomic mass is 19.1. The van der Waals surface area contributed by atoms with Crippen molar-refractivity contribution >= 4 is 0 Å². The van der Waals surface area contributed by atoms with Crippen LogP contribution in [0.3, 0.4) is 0 Å². The van der Waals surface area contributed by atoms with Crippen molar-refractivity contribution in [3.63, 3.8) is 0 Å². The Labute approximate surface area is 175 Å². The van der Waals surface area contributed by atoms with Crippen LogP contribution in [0.2, 0.25) is 0 Å². The van der Waals surface area contributed by atoms with Crippen molar-refractivity contribution in [3.8, 4) is 22.4 Å². The van der Waals surface area contributed by atoms with Gasteiger partial charge in [-0.05, 0) is 60.9 Å². The molecule has 4 N–H and O–H groups in total. The number of nitrogens with one attached hydrogen (secondary N) is 1. The first-order chi connectivity index (χ1) is 14.6. The Bertz CT molecular complexity index is 1050. The number of hydrogen-bond donors (Lipinski definition) is 3. The fourth-order valence-electron chi connectivity index (χ4n) is 3.04. The molecule has 0 unspecified atom stereocenters. The van der Waals surface area contributed by atoms with Crippen LogP contribution in [-0.4, -0.2) is 32.9 Å². The van der Waals surface area contributed by atoms with E-state index in [-0.39, 0.29) is 18.5 Å². The van der Waals surface area contributed by atoms with E-state index in [9.17, 15) is 4.39 Å². The maximum atomic E-state index is 13.0. The summed E-state index contributed by atoms with van der Waals surface area (Å²) in [7, 11) is 0. The third kappa shape index (κ3) is 5.83. The minimum Gasteiger partial charge on any atom is -0.395 e. The third-order valence-corrected chi connectivity index (χ3v) is 4.56. The van der Waals surface area contributed by atoms with E-state index in [0.717, 1.165) is 34.5 Å². The summed E-state index contributed by atoms with van der Waals surface area (Å²) in [5, 5.41) is 15.7. The lowest BCUT2D eigenvalue weighted by atomic mass is 10.0. The Kier molecular flexibility index (Phi) is 7.43. The molecule has 30 heavy (non-hydrogen) atoms. The number of aromatic nitrogens is 3. The molecule has 2 aromatic heterocycles. The van der Waals surface area contributed by atoms with E-state index in [1.165, 1.54) is 17.7 Å². The van der Waals surface area contributed by atoms with Gasteiger partial charge in [-0.15, -0.1) is 0 Å². The quantitative estimate of drug-likeness (QED) is 0.467. The number of pyridine rings is 1. The molecule has 0 bridgehead atoms. The maximum Gasteiger partial charge on any atom is 0.123 e. The number of aromatic amines is 1. The van der Waals surface area contributed by atoms with Crippen LogP contribution in [0.4, 0.5) is 4.39 Å². The zero-order chi connectivity index (χ0) is 21.3. The number of nitrogens with zero attached hydrogens (tertiary/aromatic N) is 2. The SMILES string of the molecule is Cc1cc(-c2cn[nH]c2-c2ccc(F)cc2)ccn1.N[C@H](CO)Cc1ccccc1. The molecular formula is C24H25FN4O. The van der Waals surface area contributed by atoms with Crippen LogP contribution < -0.4 is 5.73 Å². The zero-order valence-corrected chi connectivity index (χ0v) is 16.8. The van der Waals surface area contributed by atoms with Crippen molar-refractivity contribution in [2.75, 3.05) is 6.61 Å². The zero-order valence-electron chi connectivity index (χ0n) is 16.8. The Morgan fingerprint density at radius 1 is 1.03 bits per heavy atom. The predicted molar refractivity (Wildman–Crippen MR) is 117 cm³/mol. The molecule has 0 spiro atoms. The largest absolute Gasteiger partial charge is 0.395 e. The second-order valence-electron chi connectivity index (χ2n) is 6.98. The summed E-state index contributed by atoms with van der Waals surface area (Å²) in [4.78, 5) is 4.18. The van der Waals surface area contributed by atoms with E-state index in [1.54, 1.807) is 24.5 Å². The average molecular weight is 404 g/mol. The summed E-state index contributed by atoms with van der Waals surface area (Å²) in [6, 6.07) is 20.1. The fourth-order valence-corrected chi connectivity index (χ4v) is 3.04. The van der Waals surface area contributed by atoms with Crippen molar-refractivity contribution in [3.05, 3.63) is 96.2 Å². The number of nitrogens with two attached hydrogens (primary N) is 1. The van der Waals surface area contributed by atoms with Crippen molar-refractivity contribution in [2.45, 2.75) is 19.4 Å². The average Bonchev–Trinajstić information content (AvgIpc) is 3.25. The van der Waals surface area contributed by atoms with Crippen molar-refractivity contribution in [1.29, 1.82) is 0 Å².